The van der Waals surface area contributed by atoms with E-state index in [0.29, 0.717) is 33.2 Å². The van der Waals surface area contributed by atoms with E-state index in [4.69, 9.17) is 28.3 Å². The number of anilines is 1. The van der Waals surface area contributed by atoms with Gasteiger partial charge in [0.15, 0.2) is 0 Å². The largest absolute Gasteiger partial charge is 0.478 e. The van der Waals surface area contributed by atoms with Gasteiger partial charge in [-0.3, -0.25) is 9.78 Å². The van der Waals surface area contributed by atoms with E-state index in [-0.39, 0.29) is 17.1 Å². The Hall–Kier alpha value is -3.36. The van der Waals surface area contributed by atoms with Crippen LogP contribution in [-0.2, 0) is 6.54 Å². The summed E-state index contributed by atoms with van der Waals surface area (Å²) in [6.45, 7) is 0.388. The number of nitrogens with one attached hydrogen (secondary N) is 2. The van der Waals surface area contributed by atoms with Gasteiger partial charge in [0.1, 0.15) is 0 Å². The van der Waals surface area contributed by atoms with Crippen molar-refractivity contribution in [1.29, 1.82) is 0 Å². The van der Waals surface area contributed by atoms with E-state index in [1.807, 2.05) is 0 Å². The summed E-state index contributed by atoms with van der Waals surface area (Å²) >= 11 is 12.4. The Labute approximate surface area is 173 Å². The SMILES string of the molecule is O=C(O)c1cnn(-c2nc3ccc(NCc4c(Cl)cccc4Cl)cc3c(=O)[nH]2)c1. The number of benzene rings is 2. The zero-order chi connectivity index (χ0) is 20.5. The summed E-state index contributed by atoms with van der Waals surface area (Å²) in [4.78, 5) is 30.5. The molecule has 0 fully saturated rings. The lowest BCUT2D eigenvalue weighted by Gasteiger charge is -2.10. The van der Waals surface area contributed by atoms with Gasteiger partial charge in [0.2, 0.25) is 5.95 Å². The Morgan fingerprint density at radius 1 is 1.21 bits per heavy atom. The van der Waals surface area contributed by atoms with E-state index in [1.54, 1.807) is 36.4 Å². The molecule has 0 aliphatic heterocycles. The second-order valence-electron chi connectivity index (χ2n) is 6.15. The van der Waals surface area contributed by atoms with Crippen molar-refractivity contribution in [1.82, 2.24) is 19.7 Å². The average molecular weight is 430 g/mol. The van der Waals surface area contributed by atoms with Crippen molar-refractivity contribution < 1.29 is 9.90 Å². The number of nitrogens with zero attached hydrogens (tertiary/aromatic N) is 3. The van der Waals surface area contributed by atoms with Gasteiger partial charge in [-0.25, -0.2) is 14.5 Å². The number of aromatic nitrogens is 4. The highest BCUT2D eigenvalue weighted by molar-refractivity contribution is 6.36. The Kier molecular flexibility index (Phi) is 4.96. The second-order valence-corrected chi connectivity index (χ2v) is 6.97. The van der Waals surface area contributed by atoms with Crippen LogP contribution in [-0.4, -0.2) is 30.8 Å². The van der Waals surface area contributed by atoms with Crippen LogP contribution >= 0.6 is 23.2 Å². The summed E-state index contributed by atoms with van der Waals surface area (Å²) in [5, 5.41) is 17.6. The monoisotopic (exact) mass is 429 g/mol. The second kappa shape index (κ2) is 7.57. The van der Waals surface area contributed by atoms with Gasteiger partial charge in [0.05, 0.1) is 22.7 Å². The van der Waals surface area contributed by atoms with E-state index >= 15 is 0 Å². The Bertz CT molecular complexity index is 1280. The fourth-order valence-electron chi connectivity index (χ4n) is 2.79. The molecule has 146 valence electrons. The number of H-pyrrole nitrogens is 1. The molecular formula is C19H13Cl2N5O3. The van der Waals surface area contributed by atoms with Crippen molar-refractivity contribution in [2.45, 2.75) is 6.54 Å². The van der Waals surface area contributed by atoms with Gasteiger partial charge in [0.25, 0.3) is 5.56 Å². The maximum absolute atomic E-state index is 12.5. The number of carboxylic acids is 1. The zero-order valence-corrected chi connectivity index (χ0v) is 16.2. The van der Waals surface area contributed by atoms with Crippen LogP contribution in [0.1, 0.15) is 15.9 Å². The van der Waals surface area contributed by atoms with Crippen molar-refractivity contribution in [2.24, 2.45) is 0 Å². The van der Waals surface area contributed by atoms with Crippen molar-refractivity contribution in [3.8, 4) is 5.95 Å². The fraction of sp³-hybridized carbons (Fsp3) is 0.0526. The molecule has 0 amide bonds. The average Bonchev–Trinajstić information content (AvgIpc) is 3.18. The summed E-state index contributed by atoms with van der Waals surface area (Å²) in [6.07, 6.45) is 2.45. The van der Waals surface area contributed by atoms with Crippen LogP contribution in [0.3, 0.4) is 0 Å². The lowest BCUT2D eigenvalue weighted by Crippen LogP contribution is -2.14. The molecule has 0 aliphatic carbocycles. The molecule has 10 heteroatoms. The lowest BCUT2D eigenvalue weighted by atomic mass is 10.2. The number of carbonyl (C=O) groups is 1. The van der Waals surface area contributed by atoms with E-state index in [0.717, 1.165) is 5.56 Å². The number of carboxylic acid groups (broad SMARTS) is 1. The quantitative estimate of drug-likeness (QED) is 0.445. The number of rotatable bonds is 5. The summed E-state index contributed by atoms with van der Waals surface area (Å²) < 4.78 is 1.20. The van der Waals surface area contributed by atoms with Gasteiger partial charge >= 0.3 is 5.97 Å². The molecule has 0 unspecified atom stereocenters. The number of aromatic carboxylic acids is 1. The molecular weight excluding hydrogens is 417 g/mol. The van der Waals surface area contributed by atoms with Crippen LogP contribution in [0, 0.1) is 0 Å². The van der Waals surface area contributed by atoms with Gasteiger partial charge in [-0.05, 0) is 30.3 Å². The lowest BCUT2D eigenvalue weighted by molar-refractivity contribution is 0.0697. The molecule has 4 rings (SSSR count). The first-order valence-corrected chi connectivity index (χ1v) is 9.17. The molecule has 2 aromatic carbocycles. The van der Waals surface area contributed by atoms with Gasteiger partial charge in [-0.2, -0.15) is 5.10 Å². The minimum absolute atomic E-state index is 0.00877. The van der Waals surface area contributed by atoms with Crippen LogP contribution in [0.4, 0.5) is 5.69 Å². The van der Waals surface area contributed by atoms with Crippen LogP contribution in [0.2, 0.25) is 10.0 Å². The van der Waals surface area contributed by atoms with Gasteiger partial charge < -0.3 is 10.4 Å². The Morgan fingerprint density at radius 2 is 1.97 bits per heavy atom. The van der Waals surface area contributed by atoms with Gasteiger partial charge in [0, 0.05) is 34.0 Å². The molecule has 3 N–H and O–H groups in total. The highest BCUT2D eigenvalue weighted by Gasteiger charge is 2.11. The van der Waals surface area contributed by atoms with Crippen molar-refractivity contribution >= 4 is 45.8 Å². The van der Waals surface area contributed by atoms with Gasteiger partial charge in [-0.1, -0.05) is 29.3 Å². The van der Waals surface area contributed by atoms with E-state index in [1.165, 1.54) is 17.1 Å². The molecule has 29 heavy (non-hydrogen) atoms. The van der Waals surface area contributed by atoms with Crippen LogP contribution < -0.4 is 10.9 Å². The van der Waals surface area contributed by atoms with Crippen LogP contribution in [0.25, 0.3) is 16.9 Å². The summed E-state index contributed by atoms with van der Waals surface area (Å²) in [5.41, 5.74) is 1.51. The zero-order valence-electron chi connectivity index (χ0n) is 14.7. The predicted molar refractivity (Wildman–Crippen MR) is 110 cm³/mol. The number of halogens is 2. The first kappa shape index (κ1) is 19.0. The third-order valence-electron chi connectivity index (χ3n) is 4.27. The van der Waals surface area contributed by atoms with E-state index in [9.17, 15) is 9.59 Å². The van der Waals surface area contributed by atoms with Crippen molar-refractivity contribution in [3.05, 3.63) is 80.3 Å². The maximum atomic E-state index is 12.5. The molecule has 0 aliphatic rings. The summed E-state index contributed by atoms with van der Waals surface area (Å²) in [7, 11) is 0. The molecule has 2 aromatic heterocycles. The standard InChI is InChI=1S/C19H13Cl2N5O3/c20-14-2-1-3-15(21)13(14)8-22-11-4-5-16-12(6-11)17(27)25-19(24-16)26-9-10(7-23-26)18(28)29/h1-7,9,22H,8H2,(H,28,29)(H,24,25,27). The Morgan fingerprint density at radius 3 is 2.66 bits per heavy atom. The molecule has 0 spiro atoms. The predicted octanol–water partition coefficient (Wildman–Crippen LogP) is 3.73. The van der Waals surface area contributed by atoms with E-state index in [2.05, 4.69) is 20.4 Å². The molecule has 8 nitrogen and oxygen atoms in total. The highest BCUT2D eigenvalue weighted by Crippen LogP contribution is 2.25. The normalized spacial score (nSPS) is 11.0. The maximum Gasteiger partial charge on any atom is 0.338 e. The van der Waals surface area contributed by atoms with Crippen LogP contribution in [0.5, 0.6) is 0 Å². The highest BCUT2D eigenvalue weighted by atomic mass is 35.5. The third-order valence-corrected chi connectivity index (χ3v) is 4.98. The number of aromatic amines is 1. The summed E-state index contributed by atoms with van der Waals surface area (Å²) in [5.74, 6) is -0.993. The third kappa shape index (κ3) is 3.80. The minimum atomic E-state index is -1.12. The molecule has 2 heterocycles. The molecule has 0 atom stereocenters. The molecule has 0 saturated heterocycles. The summed E-state index contributed by atoms with van der Waals surface area (Å²) in [6, 6.07) is 10.4. The first-order chi connectivity index (χ1) is 13.9. The Balaban J connectivity index is 1.63. The minimum Gasteiger partial charge on any atom is -0.478 e. The number of hydrogen-bond acceptors (Lipinski definition) is 5. The van der Waals surface area contributed by atoms with Gasteiger partial charge in [-0.15, -0.1) is 0 Å². The van der Waals surface area contributed by atoms with Crippen molar-refractivity contribution in [3.63, 3.8) is 0 Å². The van der Waals surface area contributed by atoms with E-state index < -0.39 is 5.97 Å². The molecule has 0 bridgehead atoms. The van der Waals surface area contributed by atoms with Crippen molar-refractivity contribution in [2.75, 3.05) is 5.32 Å². The molecule has 0 radical (unpaired) electrons. The first-order valence-electron chi connectivity index (χ1n) is 8.41. The number of fused-ring (bicyclic) bond motifs is 1. The topological polar surface area (TPSA) is 113 Å². The number of hydrogen-bond donors (Lipinski definition) is 3. The van der Waals surface area contributed by atoms with Crippen LogP contribution in [0.15, 0.2) is 53.6 Å². The molecule has 0 saturated carbocycles. The fourth-order valence-corrected chi connectivity index (χ4v) is 3.32. The smallest absolute Gasteiger partial charge is 0.338 e. The molecule has 4 aromatic rings.